The summed E-state index contributed by atoms with van der Waals surface area (Å²) in [6.45, 7) is 1.34. The summed E-state index contributed by atoms with van der Waals surface area (Å²) in [6, 6.07) is 16.3. The Labute approximate surface area is 159 Å². The molecule has 0 fully saturated rings. The molecule has 1 aliphatic heterocycles. The highest BCUT2D eigenvalue weighted by atomic mass is 32.2. The molecule has 1 heterocycles. The molecule has 2 aromatic carbocycles. The molecule has 0 saturated carbocycles. The Bertz CT molecular complexity index is 942. The van der Waals surface area contributed by atoms with Crippen molar-refractivity contribution in [2.24, 2.45) is 10.7 Å². The van der Waals surface area contributed by atoms with Crippen LogP contribution in [0.1, 0.15) is 17.5 Å². The molecule has 0 atom stereocenters. The third-order valence-electron chi connectivity index (χ3n) is 4.24. The maximum Gasteiger partial charge on any atom is 0.263 e. The first-order valence-corrected chi connectivity index (χ1v) is 10.2. The van der Waals surface area contributed by atoms with E-state index in [1.165, 1.54) is 6.07 Å². The number of hydrogen-bond acceptors (Lipinski definition) is 5. The van der Waals surface area contributed by atoms with Crippen molar-refractivity contribution < 1.29 is 13.2 Å². The second-order valence-corrected chi connectivity index (χ2v) is 7.86. The number of carbonyl (C=O) groups excluding carboxylic acids is 1. The van der Waals surface area contributed by atoms with E-state index in [0.717, 1.165) is 5.56 Å². The van der Waals surface area contributed by atoms with E-state index < -0.39 is 10.0 Å². The van der Waals surface area contributed by atoms with Crippen LogP contribution in [0.4, 0.5) is 0 Å². The van der Waals surface area contributed by atoms with Crippen molar-refractivity contribution in [3.05, 3.63) is 65.7 Å². The molecule has 8 heteroatoms. The molecule has 0 saturated heterocycles. The zero-order valence-electron chi connectivity index (χ0n) is 14.8. The number of amidine groups is 1. The number of aliphatic imine (C=N–C) groups is 1. The predicted octanol–water partition coefficient (Wildman–Crippen LogP) is 1.10. The number of benzene rings is 2. The molecule has 2 aromatic rings. The SMILES string of the molecule is NCCCN(Cc1ccccc1)C(=O)CN=C1NS(=O)(=O)c2ccccc21. The Kier molecular flexibility index (Phi) is 5.88. The minimum absolute atomic E-state index is 0.135. The predicted molar refractivity (Wildman–Crippen MR) is 104 cm³/mol. The maximum atomic E-state index is 12.7. The van der Waals surface area contributed by atoms with Crippen LogP contribution in [0.3, 0.4) is 0 Å². The Morgan fingerprint density at radius 1 is 1.07 bits per heavy atom. The second kappa shape index (κ2) is 8.32. The van der Waals surface area contributed by atoms with Crippen molar-refractivity contribution in [3.63, 3.8) is 0 Å². The maximum absolute atomic E-state index is 12.7. The van der Waals surface area contributed by atoms with Crippen LogP contribution in [0.2, 0.25) is 0 Å². The quantitative estimate of drug-likeness (QED) is 0.743. The number of amides is 1. The van der Waals surface area contributed by atoms with E-state index in [-0.39, 0.29) is 23.2 Å². The summed E-state index contributed by atoms with van der Waals surface area (Å²) >= 11 is 0. The number of rotatable bonds is 7. The fourth-order valence-corrected chi connectivity index (χ4v) is 4.13. The van der Waals surface area contributed by atoms with Crippen LogP contribution in [0, 0.1) is 0 Å². The Hall–Kier alpha value is -2.71. The number of nitrogens with two attached hydrogens (primary N) is 1. The molecule has 0 radical (unpaired) electrons. The molecule has 0 spiro atoms. The molecule has 27 heavy (non-hydrogen) atoms. The van der Waals surface area contributed by atoms with Gasteiger partial charge in [0.05, 0.1) is 4.90 Å². The van der Waals surface area contributed by atoms with Gasteiger partial charge in [0.2, 0.25) is 5.91 Å². The summed E-state index contributed by atoms with van der Waals surface area (Å²) in [5, 5.41) is 0. The van der Waals surface area contributed by atoms with Crippen molar-refractivity contribution in [1.29, 1.82) is 0 Å². The van der Waals surface area contributed by atoms with E-state index in [0.29, 0.717) is 31.6 Å². The van der Waals surface area contributed by atoms with Crippen LogP contribution in [0.15, 0.2) is 64.5 Å². The van der Waals surface area contributed by atoms with Crippen molar-refractivity contribution in [2.45, 2.75) is 17.9 Å². The Morgan fingerprint density at radius 3 is 2.52 bits per heavy atom. The molecular formula is C19H22N4O3S. The number of carbonyl (C=O) groups is 1. The average Bonchev–Trinajstić information content (AvgIpc) is 2.95. The molecule has 142 valence electrons. The van der Waals surface area contributed by atoms with Gasteiger partial charge in [0.15, 0.2) is 0 Å². The summed E-state index contributed by atoms with van der Waals surface area (Å²) in [5.74, 6) is 0.0285. The van der Waals surface area contributed by atoms with Gasteiger partial charge in [-0.15, -0.1) is 0 Å². The fourth-order valence-electron chi connectivity index (χ4n) is 2.88. The molecular weight excluding hydrogens is 364 g/mol. The molecule has 1 aliphatic rings. The van der Waals surface area contributed by atoms with Gasteiger partial charge < -0.3 is 10.6 Å². The van der Waals surface area contributed by atoms with E-state index in [9.17, 15) is 13.2 Å². The minimum atomic E-state index is -3.61. The molecule has 1 amide bonds. The van der Waals surface area contributed by atoms with E-state index >= 15 is 0 Å². The first-order chi connectivity index (χ1) is 13.0. The van der Waals surface area contributed by atoms with Crippen molar-refractivity contribution in [1.82, 2.24) is 9.62 Å². The lowest BCUT2D eigenvalue weighted by molar-refractivity contribution is -0.130. The number of fused-ring (bicyclic) bond motifs is 1. The standard InChI is InChI=1S/C19H22N4O3S/c20-11-6-12-23(14-15-7-2-1-3-8-15)18(24)13-21-19-16-9-4-5-10-17(16)27(25,26)22-19/h1-5,7-10H,6,11-14,20H2,(H,21,22). The largest absolute Gasteiger partial charge is 0.337 e. The van der Waals surface area contributed by atoms with Crippen LogP contribution in [-0.4, -0.2) is 44.7 Å². The van der Waals surface area contributed by atoms with Crippen molar-refractivity contribution in [2.75, 3.05) is 19.6 Å². The molecule has 0 aliphatic carbocycles. The lowest BCUT2D eigenvalue weighted by Crippen LogP contribution is -2.35. The van der Waals surface area contributed by atoms with E-state index in [1.807, 2.05) is 30.3 Å². The first-order valence-electron chi connectivity index (χ1n) is 8.69. The van der Waals surface area contributed by atoms with Gasteiger partial charge in [-0.2, -0.15) is 0 Å². The third kappa shape index (κ3) is 4.53. The van der Waals surface area contributed by atoms with Gasteiger partial charge in [-0.05, 0) is 30.7 Å². The number of nitrogens with one attached hydrogen (secondary N) is 1. The lowest BCUT2D eigenvalue weighted by Gasteiger charge is -2.22. The molecule has 3 N–H and O–H groups in total. The molecule has 0 aromatic heterocycles. The van der Waals surface area contributed by atoms with E-state index in [1.54, 1.807) is 23.1 Å². The number of nitrogens with zero attached hydrogens (tertiary/aromatic N) is 2. The van der Waals surface area contributed by atoms with Gasteiger partial charge in [0.1, 0.15) is 12.4 Å². The first kappa shape index (κ1) is 19.1. The number of hydrogen-bond donors (Lipinski definition) is 2. The second-order valence-electron chi connectivity index (χ2n) is 6.21. The average molecular weight is 386 g/mol. The van der Waals surface area contributed by atoms with Gasteiger partial charge in [0.25, 0.3) is 10.0 Å². The molecule has 0 unspecified atom stereocenters. The molecule has 0 bridgehead atoms. The lowest BCUT2D eigenvalue weighted by atomic mass is 10.2. The monoisotopic (exact) mass is 386 g/mol. The van der Waals surface area contributed by atoms with Crippen LogP contribution in [-0.2, 0) is 21.4 Å². The highest BCUT2D eigenvalue weighted by Gasteiger charge is 2.30. The Morgan fingerprint density at radius 2 is 1.78 bits per heavy atom. The fraction of sp³-hybridized carbons (Fsp3) is 0.263. The van der Waals surface area contributed by atoms with Gasteiger partial charge >= 0.3 is 0 Å². The smallest absolute Gasteiger partial charge is 0.263 e. The van der Waals surface area contributed by atoms with Gasteiger partial charge in [-0.1, -0.05) is 42.5 Å². The van der Waals surface area contributed by atoms with Gasteiger partial charge in [-0.25, -0.2) is 8.42 Å². The summed E-state index contributed by atoms with van der Waals surface area (Å²) in [4.78, 5) is 18.8. The van der Waals surface area contributed by atoms with E-state index in [2.05, 4.69) is 9.71 Å². The Balaban J connectivity index is 1.75. The minimum Gasteiger partial charge on any atom is -0.337 e. The summed E-state index contributed by atoms with van der Waals surface area (Å²) in [6.07, 6.45) is 0.685. The molecule has 7 nitrogen and oxygen atoms in total. The van der Waals surface area contributed by atoms with Crippen molar-refractivity contribution in [3.8, 4) is 0 Å². The van der Waals surface area contributed by atoms with Crippen LogP contribution >= 0.6 is 0 Å². The highest BCUT2D eigenvalue weighted by Crippen LogP contribution is 2.22. The zero-order chi connectivity index (χ0) is 19.3. The highest BCUT2D eigenvalue weighted by molar-refractivity contribution is 7.90. The van der Waals surface area contributed by atoms with Gasteiger partial charge in [0, 0.05) is 18.7 Å². The van der Waals surface area contributed by atoms with Gasteiger partial charge in [-0.3, -0.25) is 14.5 Å². The van der Waals surface area contributed by atoms with Crippen molar-refractivity contribution >= 4 is 21.8 Å². The van der Waals surface area contributed by atoms with Crippen LogP contribution in [0.5, 0.6) is 0 Å². The van der Waals surface area contributed by atoms with E-state index in [4.69, 9.17) is 5.73 Å². The zero-order valence-corrected chi connectivity index (χ0v) is 15.7. The number of sulfonamides is 1. The third-order valence-corrected chi connectivity index (χ3v) is 5.63. The summed E-state index contributed by atoms with van der Waals surface area (Å²) in [5.41, 5.74) is 7.09. The van der Waals surface area contributed by atoms with Crippen LogP contribution < -0.4 is 10.5 Å². The molecule has 3 rings (SSSR count). The normalized spacial score (nSPS) is 16.0. The summed E-state index contributed by atoms with van der Waals surface area (Å²) in [7, 11) is -3.61. The van der Waals surface area contributed by atoms with Crippen LogP contribution in [0.25, 0.3) is 0 Å². The summed E-state index contributed by atoms with van der Waals surface area (Å²) < 4.78 is 26.7. The topological polar surface area (TPSA) is 105 Å².